The Bertz CT molecular complexity index is 720. The molecular weight excluding hydrogens is 292 g/mol. The van der Waals surface area contributed by atoms with Crippen LogP contribution in [0.15, 0.2) is 36.7 Å². The average Bonchev–Trinajstić information content (AvgIpc) is 3.08. The Hall–Kier alpha value is -2.63. The topological polar surface area (TPSA) is 67.2 Å². The van der Waals surface area contributed by atoms with E-state index >= 15 is 0 Å². The van der Waals surface area contributed by atoms with Crippen LogP contribution in [-0.4, -0.2) is 33.0 Å². The lowest BCUT2D eigenvalue weighted by molar-refractivity contribution is -0.128. The van der Waals surface area contributed by atoms with Crippen LogP contribution < -0.4 is 5.32 Å². The lowest BCUT2D eigenvalue weighted by Crippen LogP contribution is -2.27. The number of hydrogen-bond acceptors (Lipinski definition) is 3. The van der Waals surface area contributed by atoms with Crippen molar-refractivity contribution in [2.45, 2.75) is 19.9 Å². The molecule has 1 aromatic carbocycles. The predicted molar refractivity (Wildman–Crippen MR) is 86.5 cm³/mol. The van der Waals surface area contributed by atoms with Crippen molar-refractivity contribution in [3.63, 3.8) is 0 Å². The van der Waals surface area contributed by atoms with Gasteiger partial charge in [-0.2, -0.15) is 5.10 Å². The van der Waals surface area contributed by atoms with E-state index in [1.165, 1.54) is 5.56 Å². The first-order valence-electron chi connectivity index (χ1n) is 7.64. The summed E-state index contributed by atoms with van der Waals surface area (Å²) in [6, 6.07) is 8.10. The van der Waals surface area contributed by atoms with Crippen molar-refractivity contribution in [1.82, 2.24) is 14.7 Å². The number of nitrogens with zero attached hydrogens (tertiary/aromatic N) is 3. The Morgan fingerprint density at radius 2 is 2.09 bits per heavy atom. The number of nitrogens with one attached hydrogen (secondary N) is 1. The van der Waals surface area contributed by atoms with Gasteiger partial charge in [0.1, 0.15) is 0 Å². The lowest BCUT2D eigenvalue weighted by atomic mass is 10.1. The molecule has 2 aromatic rings. The number of amides is 2. The van der Waals surface area contributed by atoms with Crippen molar-refractivity contribution >= 4 is 17.5 Å². The molecule has 1 atom stereocenters. The van der Waals surface area contributed by atoms with Crippen LogP contribution in [0.3, 0.4) is 0 Å². The normalized spacial score (nSPS) is 17.6. The van der Waals surface area contributed by atoms with Crippen LogP contribution in [-0.2, 0) is 23.2 Å². The van der Waals surface area contributed by atoms with Crippen molar-refractivity contribution in [3.05, 3.63) is 47.8 Å². The van der Waals surface area contributed by atoms with E-state index in [1.54, 1.807) is 29.0 Å². The number of likely N-dealkylation sites (tertiary alicyclic amines) is 1. The summed E-state index contributed by atoms with van der Waals surface area (Å²) in [5.41, 5.74) is 2.93. The highest BCUT2D eigenvalue weighted by molar-refractivity contribution is 5.97. The van der Waals surface area contributed by atoms with Gasteiger partial charge in [0.25, 0.3) is 0 Å². The molecule has 23 heavy (non-hydrogen) atoms. The lowest BCUT2D eigenvalue weighted by Gasteiger charge is -2.16. The Labute approximate surface area is 135 Å². The number of anilines is 1. The van der Waals surface area contributed by atoms with Crippen LogP contribution in [0.5, 0.6) is 0 Å². The summed E-state index contributed by atoms with van der Waals surface area (Å²) in [4.78, 5) is 26.2. The molecule has 0 unspecified atom stereocenters. The molecule has 0 radical (unpaired) electrons. The average molecular weight is 312 g/mol. The van der Waals surface area contributed by atoms with Crippen LogP contribution in [0, 0.1) is 12.8 Å². The first kappa shape index (κ1) is 15.3. The second kappa shape index (κ2) is 6.24. The number of rotatable bonds is 4. The van der Waals surface area contributed by atoms with Crippen LogP contribution in [0.4, 0.5) is 5.69 Å². The molecule has 0 bridgehead atoms. The Kier molecular flexibility index (Phi) is 4.14. The van der Waals surface area contributed by atoms with Gasteiger partial charge in [0, 0.05) is 32.8 Å². The van der Waals surface area contributed by atoms with Crippen LogP contribution >= 0.6 is 0 Å². The third-order valence-corrected chi connectivity index (χ3v) is 4.05. The van der Waals surface area contributed by atoms with Crippen molar-refractivity contribution in [2.24, 2.45) is 13.0 Å². The molecule has 1 fully saturated rings. The van der Waals surface area contributed by atoms with Crippen molar-refractivity contribution in [3.8, 4) is 0 Å². The number of carbonyl (C=O) groups excluding carboxylic acids is 2. The number of aromatic nitrogens is 2. The van der Waals surface area contributed by atoms with Gasteiger partial charge in [-0.25, -0.2) is 0 Å². The summed E-state index contributed by atoms with van der Waals surface area (Å²) in [5.74, 6) is -0.414. The smallest absolute Gasteiger partial charge is 0.229 e. The second-order valence-corrected chi connectivity index (χ2v) is 6.05. The minimum absolute atomic E-state index is 0.0249. The molecule has 1 aromatic heterocycles. The summed E-state index contributed by atoms with van der Waals surface area (Å²) in [7, 11) is 1.79. The summed E-state index contributed by atoms with van der Waals surface area (Å²) in [6.07, 6.45) is 3.59. The third kappa shape index (κ3) is 3.59. The maximum absolute atomic E-state index is 12.3. The van der Waals surface area contributed by atoms with E-state index in [2.05, 4.69) is 10.4 Å². The zero-order valence-electron chi connectivity index (χ0n) is 13.3. The van der Waals surface area contributed by atoms with Crippen LogP contribution in [0.1, 0.15) is 17.5 Å². The monoisotopic (exact) mass is 312 g/mol. The molecule has 2 heterocycles. The first-order valence-corrected chi connectivity index (χ1v) is 7.64. The summed E-state index contributed by atoms with van der Waals surface area (Å²) >= 11 is 0. The number of carbonyl (C=O) groups is 2. The molecule has 3 rings (SSSR count). The van der Waals surface area contributed by atoms with E-state index < -0.39 is 0 Å². The van der Waals surface area contributed by atoms with Crippen LogP contribution in [0.25, 0.3) is 0 Å². The van der Waals surface area contributed by atoms with E-state index in [0.717, 1.165) is 5.56 Å². The molecule has 0 saturated carbocycles. The van der Waals surface area contributed by atoms with Gasteiger partial charge in [-0.05, 0) is 12.5 Å². The fraction of sp³-hybridized carbons (Fsp3) is 0.353. The fourth-order valence-corrected chi connectivity index (χ4v) is 2.74. The molecule has 2 amide bonds. The fourth-order valence-electron chi connectivity index (χ4n) is 2.74. The molecule has 1 aliphatic heterocycles. The maximum atomic E-state index is 12.3. The number of benzene rings is 1. The van der Waals surface area contributed by atoms with Gasteiger partial charge in [-0.15, -0.1) is 0 Å². The van der Waals surface area contributed by atoms with E-state index in [4.69, 9.17) is 0 Å². The number of hydrogen-bond donors (Lipinski definition) is 1. The van der Waals surface area contributed by atoms with Crippen molar-refractivity contribution < 1.29 is 9.59 Å². The highest BCUT2D eigenvalue weighted by Gasteiger charge is 2.34. The summed E-state index contributed by atoms with van der Waals surface area (Å²) in [6.45, 7) is 3.04. The van der Waals surface area contributed by atoms with Gasteiger partial charge < -0.3 is 10.2 Å². The van der Waals surface area contributed by atoms with E-state index in [-0.39, 0.29) is 24.2 Å². The predicted octanol–water partition coefficient (Wildman–Crippen LogP) is 1.72. The van der Waals surface area contributed by atoms with Crippen molar-refractivity contribution in [1.29, 1.82) is 0 Å². The van der Waals surface area contributed by atoms with Gasteiger partial charge in [-0.1, -0.05) is 29.8 Å². The molecule has 6 heteroatoms. The largest absolute Gasteiger partial charge is 0.338 e. The molecule has 6 nitrogen and oxygen atoms in total. The molecule has 120 valence electrons. The molecule has 0 spiro atoms. The Balaban J connectivity index is 1.60. The SMILES string of the molecule is Cc1ccc(CN2C[C@H](C(=O)Nc3cnn(C)c3)CC2=O)cc1. The first-order chi connectivity index (χ1) is 11.0. The van der Waals surface area contributed by atoms with Gasteiger partial charge >= 0.3 is 0 Å². The van der Waals surface area contributed by atoms with E-state index in [0.29, 0.717) is 18.8 Å². The third-order valence-electron chi connectivity index (χ3n) is 4.05. The zero-order chi connectivity index (χ0) is 16.4. The highest BCUT2D eigenvalue weighted by Crippen LogP contribution is 2.22. The zero-order valence-corrected chi connectivity index (χ0v) is 13.3. The molecular formula is C17H20N4O2. The molecule has 0 aliphatic carbocycles. The minimum Gasteiger partial charge on any atom is -0.338 e. The maximum Gasteiger partial charge on any atom is 0.229 e. The summed E-state index contributed by atoms with van der Waals surface area (Å²) < 4.78 is 1.62. The molecule has 1 saturated heterocycles. The minimum atomic E-state index is -0.312. The van der Waals surface area contributed by atoms with Gasteiger partial charge in [0.15, 0.2) is 0 Å². The van der Waals surface area contributed by atoms with Gasteiger partial charge in [0.2, 0.25) is 11.8 Å². The molecule has 1 N–H and O–H groups in total. The highest BCUT2D eigenvalue weighted by atomic mass is 16.2. The Morgan fingerprint density at radius 1 is 1.35 bits per heavy atom. The quantitative estimate of drug-likeness (QED) is 0.934. The van der Waals surface area contributed by atoms with Gasteiger partial charge in [0.05, 0.1) is 17.8 Å². The molecule has 1 aliphatic rings. The second-order valence-electron chi connectivity index (χ2n) is 6.05. The standard InChI is InChI=1S/C17H20N4O2/c1-12-3-5-13(6-4-12)9-21-10-14(7-16(21)22)17(23)19-15-8-18-20(2)11-15/h3-6,8,11,14H,7,9-10H2,1-2H3,(H,19,23)/t14-/m1/s1. The van der Waals surface area contributed by atoms with Crippen LogP contribution in [0.2, 0.25) is 0 Å². The van der Waals surface area contributed by atoms with E-state index in [9.17, 15) is 9.59 Å². The number of aryl methyl sites for hydroxylation is 2. The summed E-state index contributed by atoms with van der Waals surface area (Å²) in [5, 5.41) is 6.83. The Morgan fingerprint density at radius 3 is 2.74 bits per heavy atom. The van der Waals surface area contributed by atoms with Crippen molar-refractivity contribution in [2.75, 3.05) is 11.9 Å². The van der Waals surface area contributed by atoms with Gasteiger partial charge in [-0.3, -0.25) is 14.3 Å². The van der Waals surface area contributed by atoms with E-state index in [1.807, 2.05) is 31.2 Å².